The van der Waals surface area contributed by atoms with Crippen LogP contribution in [0.3, 0.4) is 0 Å². The molecular weight excluding hydrogens is 313 g/mol. The van der Waals surface area contributed by atoms with Crippen LogP contribution in [0.1, 0.15) is 0 Å². The molecule has 0 fully saturated rings. The summed E-state index contributed by atoms with van der Waals surface area (Å²) in [6.07, 6.45) is 1.99. The van der Waals surface area contributed by atoms with Crippen molar-refractivity contribution in [1.82, 2.24) is 4.98 Å². The fraction of sp³-hybridized carbons (Fsp3) is 0. The first-order chi connectivity index (χ1) is 11.0. The highest BCUT2D eigenvalue weighted by Crippen LogP contribution is 2.33. The minimum atomic E-state index is -1.25. The van der Waals surface area contributed by atoms with E-state index >= 15 is 0 Å². The minimum Gasteiger partial charge on any atom is -0.263 e. The largest absolute Gasteiger partial charge is 0.263 e. The highest BCUT2D eigenvalue weighted by molar-refractivity contribution is 5.73. The van der Waals surface area contributed by atoms with Crippen molar-refractivity contribution in [3.8, 4) is 22.3 Å². The maximum atomic E-state index is 14.6. The van der Waals surface area contributed by atoms with E-state index in [9.17, 15) is 22.0 Å². The summed E-state index contributed by atoms with van der Waals surface area (Å²) in [7, 11) is 0. The first-order valence-corrected chi connectivity index (χ1v) is 6.53. The average Bonchev–Trinajstić information content (AvgIpc) is 2.54. The van der Waals surface area contributed by atoms with Gasteiger partial charge in [0.1, 0.15) is 5.82 Å². The summed E-state index contributed by atoms with van der Waals surface area (Å²) in [4.78, 5) is 3.72. The summed E-state index contributed by atoms with van der Waals surface area (Å²) in [5.74, 6) is -5.81. The highest BCUT2D eigenvalue weighted by Gasteiger charge is 2.19. The van der Waals surface area contributed by atoms with Gasteiger partial charge in [0.05, 0.1) is 0 Å². The number of pyridine rings is 1. The molecule has 0 aliphatic rings. The Bertz CT molecular complexity index is 822. The molecule has 0 saturated heterocycles. The van der Waals surface area contributed by atoms with Gasteiger partial charge < -0.3 is 0 Å². The molecule has 0 spiro atoms. The van der Waals surface area contributed by atoms with Crippen molar-refractivity contribution in [3.05, 3.63) is 77.9 Å². The van der Waals surface area contributed by atoms with Crippen LogP contribution in [0.2, 0.25) is 0 Å². The van der Waals surface area contributed by atoms with Gasteiger partial charge in [-0.3, -0.25) is 4.98 Å². The Morgan fingerprint density at radius 2 is 0.957 bits per heavy atom. The molecule has 0 amide bonds. The van der Waals surface area contributed by atoms with Crippen LogP contribution in [-0.2, 0) is 0 Å². The van der Waals surface area contributed by atoms with Crippen LogP contribution in [0.15, 0.2) is 48.8 Å². The van der Waals surface area contributed by atoms with E-state index in [4.69, 9.17) is 0 Å². The fourth-order valence-electron chi connectivity index (χ4n) is 2.24. The second-order valence-electron chi connectivity index (χ2n) is 4.75. The SMILES string of the molecule is Fc1cccc(-c2cncc(-c3cccc(F)c3F)c2F)c1F. The molecule has 23 heavy (non-hydrogen) atoms. The van der Waals surface area contributed by atoms with E-state index in [0.29, 0.717) is 0 Å². The minimum absolute atomic E-state index is 0.344. The number of aromatic nitrogens is 1. The standard InChI is InChI=1S/C17H8F5N/c18-13-5-1-3-9(16(13)21)11-7-23-8-12(15(11)20)10-4-2-6-14(19)17(10)22/h1-8H. The number of halogens is 5. The maximum Gasteiger partial charge on any atom is 0.166 e. The number of rotatable bonds is 2. The molecule has 0 radical (unpaired) electrons. The lowest BCUT2D eigenvalue weighted by Gasteiger charge is -2.10. The van der Waals surface area contributed by atoms with Gasteiger partial charge in [-0.25, -0.2) is 22.0 Å². The molecule has 2 aromatic carbocycles. The first kappa shape index (κ1) is 15.1. The van der Waals surface area contributed by atoms with Gasteiger partial charge in [0, 0.05) is 34.6 Å². The Morgan fingerprint density at radius 3 is 1.39 bits per heavy atom. The third-order valence-electron chi connectivity index (χ3n) is 3.36. The summed E-state index contributed by atoms with van der Waals surface area (Å²) >= 11 is 0. The summed E-state index contributed by atoms with van der Waals surface area (Å²) in [6.45, 7) is 0. The molecule has 0 aliphatic carbocycles. The van der Waals surface area contributed by atoms with Gasteiger partial charge in [0.15, 0.2) is 23.3 Å². The zero-order valence-electron chi connectivity index (χ0n) is 11.5. The fourth-order valence-corrected chi connectivity index (χ4v) is 2.24. The highest BCUT2D eigenvalue weighted by atomic mass is 19.2. The third kappa shape index (κ3) is 2.56. The van der Waals surface area contributed by atoms with Crippen LogP contribution in [0.5, 0.6) is 0 Å². The van der Waals surface area contributed by atoms with Gasteiger partial charge >= 0.3 is 0 Å². The zero-order chi connectivity index (χ0) is 16.6. The maximum absolute atomic E-state index is 14.6. The van der Waals surface area contributed by atoms with Gasteiger partial charge in [0.2, 0.25) is 0 Å². The summed E-state index contributed by atoms with van der Waals surface area (Å²) in [5, 5.41) is 0. The third-order valence-corrected chi connectivity index (χ3v) is 3.36. The van der Waals surface area contributed by atoms with Crippen LogP contribution in [0, 0.1) is 29.1 Å². The van der Waals surface area contributed by atoms with E-state index in [1.54, 1.807) is 0 Å². The van der Waals surface area contributed by atoms with Crippen LogP contribution in [-0.4, -0.2) is 4.98 Å². The number of hydrogen-bond acceptors (Lipinski definition) is 1. The smallest absolute Gasteiger partial charge is 0.166 e. The van der Waals surface area contributed by atoms with E-state index in [-0.39, 0.29) is 22.3 Å². The van der Waals surface area contributed by atoms with Gasteiger partial charge in [-0.1, -0.05) is 24.3 Å². The van der Waals surface area contributed by atoms with Gasteiger partial charge in [0.25, 0.3) is 0 Å². The van der Waals surface area contributed by atoms with Gasteiger partial charge in [-0.2, -0.15) is 0 Å². The zero-order valence-corrected chi connectivity index (χ0v) is 11.5. The van der Waals surface area contributed by atoms with Crippen molar-refractivity contribution in [3.63, 3.8) is 0 Å². The molecule has 3 aromatic rings. The van der Waals surface area contributed by atoms with Crippen LogP contribution < -0.4 is 0 Å². The lowest BCUT2D eigenvalue weighted by atomic mass is 10.00. The molecule has 0 saturated carbocycles. The molecule has 0 aliphatic heterocycles. The lowest BCUT2D eigenvalue weighted by Crippen LogP contribution is -1.98. The van der Waals surface area contributed by atoms with Crippen LogP contribution in [0.25, 0.3) is 22.3 Å². The molecule has 1 aromatic heterocycles. The Labute approximate surface area is 128 Å². The normalized spacial score (nSPS) is 10.8. The summed E-state index contributed by atoms with van der Waals surface area (Å²) < 4.78 is 69.0. The van der Waals surface area contributed by atoms with Crippen LogP contribution in [0.4, 0.5) is 22.0 Å². The molecule has 1 nitrogen and oxygen atoms in total. The number of nitrogens with zero attached hydrogens (tertiary/aromatic N) is 1. The quantitative estimate of drug-likeness (QED) is 0.598. The monoisotopic (exact) mass is 321 g/mol. The van der Waals surface area contributed by atoms with Crippen molar-refractivity contribution < 1.29 is 22.0 Å². The Balaban J connectivity index is 2.24. The van der Waals surface area contributed by atoms with Crippen molar-refractivity contribution in [2.45, 2.75) is 0 Å². The second-order valence-corrected chi connectivity index (χ2v) is 4.75. The van der Waals surface area contributed by atoms with Crippen molar-refractivity contribution in [2.24, 2.45) is 0 Å². The topological polar surface area (TPSA) is 12.9 Å². The lowest BCUT2D eigenvalue weighted by molar-refractivity contribution is 0.509. The molecular formula is C17H8F5N. The van der Waals surface area contributed by atoms with Gasteiger partial charge in [-0.05, 0) is 12.1 Å². The Kier molecular flexibility index (Phi) is 3.82. The Morgan fingerprint density at radius 1 is 0.522 bits per heavy atom. The molecule has 3 rings (SSSR count). The Hall–Kier alpha value is -2.76. The molecule has 0 atom stereocenters. The second kappa shape index (κ2) is 5.79. The molecule has 116 valence electrons. The van der Waals surface area contributed by atoms with Gasteiger partial charge in [-0.15, -0.1) is 0 Å². The molecule has 0 bridgehead atoms. The van der Waals surface area contributed by atoms with E-state index in [2.05, 4.69) is 4.98 Å². The molecule has 6 heteroatoms. The van der Waals surface area contributed by atoms with Crippen molar-refractivity contribution in [1.29, 1.82) is 0 Å². The van der Waals surface area contributed by atoms with E-state index < -0.39 is 29.1 Å². The summed E-state index contributed by atoms with van der Waals surface area (Å²) in [6, 6.07) is 6.54. The first-order valence-electron chi connectivity index (χ1n) is 6.53. The summed E-state index contributed by atoms with van der Waals surface area (Å²) in [5.41, 5.74) is -1.39. The molecule has 0 N–H and O–H groups in total. The van der Waals surface area contributed by atoms with Crippen molar-refractivity contribution in [2.75, 3.05) is 0 Å². The number of hydrogen-bond donors (Lipinski definition) is 0. The average molecular weight is 321 g/mol. The van der Waals surface area contributed by atoms with E-state index in [0.717, 1.165) is 24.5 Å². The molecule has 0 unspecified atom stereocenters. The van der Waals surface area contributed by atoms with Crippen molar-refractivity contribution >= 4 is 0 Å². The predicted octanol–water partition coefficient (Wildman–Crippen LogP) is 5.11. The van der Waals surface area contributed by atoms with E-state index in [1.807, 2.05) is 0 Å². The van der Waals surface area contributed by atoms with Crippen LogP contribution >= 0.6 is 0 Å². The molecule has 1 heterocycles. The van der Waals surface area contributed by atoms with E-state index in [1.165, 1.54) is 24.3 Å². The predicted molar refractivity (Wildman–Crippen MR) is 74.9 cm³/mol. The number of benzene rings is 2.